The van der Waals surface area contributed by atoms with E-state index in [9.17, 15) is 5.11 Å². The van der Waals surface area contributed by atoms with Gasteiger partial charge < -0.3 is 5.11 Å². The van der Waals surface area contributed by atoms with Crippen molar-refractivity contribution < 1.29 is 5.11 Å². The highest BCUT2D eigenvalue weighted by atomic mass is 16.3. The molecule has 1 unspecified atom stereocenters. The van der Waals surface area contributed by atoms with Gasteiger partial charge in [0.05, 0.1) is 18.3 Å². The molecular weight excluding hydrogens is 152 g/mol. The Balaban J connectivity index is 2.63. The van der Waals surface area contributed by atoms with Crippen LogP contribution in [0.3, 0.4) is 0 Å². The second kappa shape index (κ2) is 3.27. The van der Waals surface area contributed by atoms with Gasteiger partial charge in [0, 0.05) is 6.20 Å². The minimum atomic E-state index is -0.640. The first-order valence-corrected chi connectivity index (χ1v) is 4.25. The van der Waals surface area contributed by atoms with E-state index in [1.807, 2.05) is 27.0 Å². The molecular formula is C9H16N2O. The number of hydrogen-bond acceptors (Lipinski definition) is 2. The molecule has 0 saturated heterocycles. The predicted molar refractivity (Wildman–Crippen MR) is 47.9 cm³/mol. The van der Waals surface area contributed by atoms with Crippen molar-refractivity contribution in [2.24, 2.45) is 0 Å². The highest BCUT2D eigenvalue weighted by molar-refractivity contribution is 4.99. The maximum Gasteiger partial charge on any atom is 0.0812 e. The average molecular weight is 168 g/mol. The fourth-order valence-electron chi connectivity index (χ4n) is 1.01. The molecule has 1 rings (SSSR count). The van der Waals surface area contributed by atoms with Crippen molar-refractivity contribution in [1.82, 2.24) is 9.78 Å². The van der Waals surface area contributed by atoms with E-state index in [1.165, 1.54) is 0 Å². The number of nitrogens with zero attached hydrogens (tertiary/aromatic N) is 2. The zero-order valence-corrected chi connectivity index (χ0v) is 7.91. The summed E-state index contributed by atoms with van der Waals surface area (Å²) in [5, 5.41) is 13.8. The Morgan fingerprint density at radius 1 is 1.67 bits per heavy atom. The van der Waals surface area contributed by atoms with Gasteiger partial charge >= 0.3 is 0 Å². The highest BCUT2D eigenvalue weighted by Crippen LogP contribution is 2.11. The average Bonchev–Trinajstić information content (AvgIpc) is 2.35. The summed E-state index contributed by atoms with van der Waals surface area (Å²) in [4.78, 5) is 0. The molecule has 3 nitrogen and oxygen atoms in total. The second-order valence-electron chi connectivity index (χ2n) is 3.57. The Morgan fingerprint density at radius 3 is 2.75 bits per heavy atom. The number of rotatable bonds is 3. The first-order chi connectivity index (χ1) is 5.53. The van der Waals surface area contributed by atoms with Crippen LogP contribution in [-0.4, -0.2) is 20.5 Å². The van der Waals surface area contributed by atoms with E-state index in [0.717, 1.165) is 12.0 Å². The predicted octanol–water partition coefficient (Wildman–Crippen LogP) is 1.35. The molecule has 0 aromatic carbocycles. The van der Waals surface area contributed by atoms with E-state index in [1.54, 1.807) is 10.9 Å². The lowest BCUT2D eigenvalue weighted by Crippen LogP contribution is -2.29. The molecule has 12 heavy (non-hydrogen) atoms. The van der Waals surface area contributed by atoms with Crippen molar-refractivity contribution in [3.63, 3.8) is 0 Å². The number of aromatic nitrogens is 2. The monoisotopic (exact) mass is 168 g/mol. The number of aryl methyl sites for hydroxylation is 1. The van der Waals surface area contributed by atoms with Crippen LogP contribution in [0, 0.1) is 6.92 Å². The van der Waals surface area contributed by atoms with Crippen LogP contribution in [0.4, 0.5) is 0 Å². The number of aliphatic hydroxyl groups is 1. The van der Waals surface area contributed by atoms with Gasteiger partial charge in [0.25, 0.3) is 0 Å². The molecule has 0 spiro atoms. The molecule has 0 saturated carbocycles. The van der Waals surface area contributed by atoms with Crippen molar-refractivity contribution in [1.29, 1.82) is 0 Å². The van der Waals surface area contributed by atoms with Gasteiger partial charge in [0.15, 0.2) is 0 Å². The molecule has 1 heterocycles. The standard InChI is InChI=1S/C9H16N2O/c1-4-9(3,12)7-11-6-8(2)5-10-11/h5-6,12H,4,7H2,1-3H3. The van der Waals surface area contributed by atoms with Gasteiger partial charge in [-0.05, 0) is 25.8 Å². The van der Waals surface area contributed by atoms with E-state index in [-0.39, 0.29) is 0 Å². The molecule has 0 bridgehead atoms. The van der Waals surface area contributed by atoms with E-state index in [4.69, 9.17) is 0 Å². The molecule has 0 aliphatic heterocycles. The van der Waals surface area contributed by atoms with Crippen molar-refractivity contribution >= 4 is 0 Å². The summed E-state index contributed by atoms with van der Waals surface area (Å²) < 4.78 is 1.78. The first kappa shape index (κ1) is 9.26. The van der Waals surface area contributed by atoms with Crippen LogP contribution >= 0.6 is 0 Å². The minimum absolute atomic E-state index is 0.567. The summed E-state index contributed by atoms with van der Waals surface area (Å²) in [6.07, 6.45) is 4.47. The van der Waals surface area contributed by atoms with Crippen LogP contribution in [0.25, 0.3) is 0 Å². The van der Waals surface area contributed by atoms with E-state index in [2.05, 4.69) is 5.10 Å². The summed E-state index contributed by atoms with van der Waals surface area (Å²) in [5.74, 6) is 0. The lowest BCUT2D eigenvalue weighted by atomic mass is 10.0. The maximum absolute atomic E-state index is 9.73. The van der Waals surface area contributed by atoms with Gasteiger partial charge in [0.1, 0.15) is 0 Å². The van der Waals surface area contributed by atoms with Crippen molar-refractivity contribution in [2.75, 3.05) is 0 Å². The van der Waals surface area contributed by atoms with Crippen LogP contribution in [0.5, 0.6) is 0 Å². The lowest BCUT2D eigenvalue weighted by Gasteiger charge is -2.20. The van der Waals surface area contributed by atoms with Crippen molar-refractivity contribution in [3.05, 3.63) is 18.0 Å². The van der Waals surface area contributed by atoms with Crippen LogP contribution in [0.1, 0.15) is 25.8 Å². The first-order valence-electron chi connectivity index (χ1n) is 4.25. The molecule has 0 aliphatic rings. The molecule has 1 aromatic heterocycles. The van der Waals surface area contributed by atoms with E-state index < -0.39 is 5.60 Å². The zero-order chi connectivity index (χ0) is 9.19. The van der Waals surface area contributed by atoms with Crippen LogP contribution in [0.15, 0.2) is 12.4 Å². The van der Waals surface area contributed by atoms with Crippen LogP contribution < -0.4 is 0 Å². The van der Waals surface area contributed by atoms with Gasteiger partial charge in [-0.25, -0.2) is 0 Å². The third-order valence-electron chi connectivity index (χ3n) is 2.03. The molecule has 0 radical (unpaired) electrons. The second-order valence-corrected chi connectivity index (χ2v) is 3.57. The Morgan fingerprint density at radius 2 is 2.33 bits per heavy atom. The smallest absolute Gasteiger partial charge is 0.0812 e. The topological polar surface area (TPSA) is 38.0 Å². The Bertz CT molecular complexity index is 253. The van der Waals surface area contributed by atoms with Gasteiger partial charge in [-0.1, -0.05) is 6.92 Å². The lowest BCUT2D eigenvalue weighted by molar-refractivity contribution is 0.0345. The Hall–Kier alpha value is -0.830. The third kappa shape index (κ3) is 2.34. The maximum atomic E-state index is 9.73. The molecule has 1 atom stereocenters. The highest BCUT2D eigenvalue weighted by Gasteiger charge is 2.18. The molecule has 3 heteroatoms. The largest absolute Gasteiger partial charge is 0.388 e. The van der Waals surface area contributed by atoms with Gasteiger partial charge in [-0.15, -0.1) is 0 Å². The Labute approximate surface area is 73.0 Å². The normalized spacial score (nSPS) is 16.0. The van der Waals surface area contributed by atoms with Gasteiger partial charge in [-0.3, -0.25) is 4.68 Å². The molecule has 1 N–H and O–H groups in total. The summed E-state index contributed by atoms with van der Waals surface area (Å²) in [5.41, 5.74) is 0.486. The van der Waals surface area contributed by atoms with Crippen LogP contribution in [-0.2, 0) is 6.54 Å². The summed E-state index contributed by atoms with van der Waals surface area (Å²) in [6.45, 7) is 6.35. The molecule has 1 aromatic rings. The summed E-state index contributed by atoms with van der Waals surface area (Å²) in [6, 6.07) is 0. The Kier molecular flexibility index (Phi) is 2.52. The quantitative estimate of drug-likeness (QED) is 0.740. The SMILES string of the molecule is CCC(C)(O)Cn1cc(C)cn1. The molecule has 68 valence electrons. The molecule has 0 aliphatic carbocycles. The minimum Gasteiger partial charge on any atom is -0.388 e. The number of hydrogen-bond donors (Lipinski definition) is 1. The molecule has 0 fully saturated rings. The molecule has 0 amide bonds. The van der Waals surface area contributed by atoms with Gasteiger partial charge in [-0.2, -0.15) is 5.10 Å². The third-order valence-corrected chi connectivity index (χ3v) is 2.03. The van der Waals surface area contributed by atoms with Gasteiger partial charge in [0.2, 0.25) is 0 Å². The fourth-order valence-corrected chi connectivity index (χ4v) is 1.01. The van der Waals surface area contributed by atoms with E-state index in [0.29, 0.717) is 6.54 Å². The van der Waals surface area contributed by atoms with Crippen molar-refractivity contribution in [2.45, 2.75) is 39.3 Å². The summed E-state index contributed by atoms with van der Waals surface area (Å²) >= 11 is 0. The summed E-state index contributed by atoms with van der Waals surface area (Å²) in [7, 11) is 0. The van der Waals surface area contributed by atoms with Crippen molar-refractivity contribution in [3.8, 4) is 0 Å². The van der Waals surface area contributed by atoms with E-state index >= 15 is 0 Å². The van der Waals surface area contributed by atoms with Crippen LogP contribution in [0.2, 0.25) is 0 Å². The fraction of sp³-hybridized carbons (Fsp3) is 0.667. The zero-order valence-electron chi connectivity index (χ0n) is 7.91.